The molecule has 0 aliphatic rings. The van der Waals surface area contributed by atoms with E-state index in [1.807, 2.05) is 12.2 Å². The molecule has 0 bridgehead atoms. The predicted octanol–water partition coefficient (Wildman–Crippen LogP) is 21.0. The van der Waals surface area contributed by atoms with Crippen LogP contribution in [0, 0.1) is 0 Å². The summed E-state index contributed by atoms with van der Waals surface area (Å²) in [4.78, 5) is 38.2. The van der Waals surface area contributed by atoms with Crippen LogP contribution in [0.5, 0.6) is 0 Å². The van der Waals surface area contributed by atoms with Crippen LogP contribution in [0.3, 0.4) is 0 Å². The maximum absolute atomic E-state index is 12.8. The summed E-state index contributed by atoms with van der Waals surface area (Å²) in [5, 5.41) is 0. The molecule has 0 saturated heterocycles. The Hall–Kier alpha value is -4.45. The maximum Gasteiger partial charge on any atom is 0.306 e. The van der Waals surface area contributed by atoms with Gasteiger partial charge in [0, 0.05) is 19.3 Å². The van der Waals surface area contributed by atoms with Gasteiger partial charge in [-0.1, -0.05) is 257 Å². The van der Waals surface area contributed by atoms with Gasteiger partial charge < -0.3 is 14.2 Å². The lowest BCUT2D eigenvalue weighted by molar-refractivity contribution is -0.166. The third-order valence-corrected chi connectivity index (χ3v) is 12.6. The first-order valence-corrected chi connectivity index (χ1v) is 30.7. The van der Waals surface area contributed by atoms with Crippen LogP contribution < -0.4 is 0 Å². The molecule has 0 aromatic heterocycles. The van der Waals surface area contributed by atoms with E-state index in [0.717, 1.165) is 109 Å². The van der Waals surface area contributed by atoms with Gasteiger partial charge in [-0.2, -0.15) is 0 Å². The number of carbonyl (C=O) groups is 3. The number of unbranched alkanes of at least 4 members (excludes halogenated alkanes) is 21. The van der Waals surface area contributed by atoms with Crippen molar-refractivity contribution >= 4 is 17.9 Å². The zero-order chi connectivity index (χ0) is 54.3. The van der Waals surface area contributed by atoms with Gasteiger partial charge in [-0.3, -0.25) is 14.4 Å². The third kappa shape index (κ3) is 60.3. The highest BCUT2D eigenvalue weighted by Gasteiger charge is 2.19. The summed E-state index contributed by atoms with van der Waals surface area (Å²) in [6.07, 6.45) is 87.6. The number of carbonyl (C=O) groups excluding carboxylic acids is 3. The van der Waals surface area contributed by atoms with Crippen molar-refractivity contribution in [3.63, 3.8) is 0 Å². The Bertz CT molecular complexity index is 1620. The molecule has 0 aromatic carbocycles. The maximum atomic E-state index is 12.8. The van der Waals surface area contributed by atoms with Crippen LogP contribution in [0.15, 0.2) is 134 Å². The van der Waals surface area contributed by atoms with E-state index in [-0.39, 0.29) is 31.6 Å². The molecule has 0 aromatic rings. The first-order valence-electron chi connectivity index (χ1n) is 30.7. The highest BCUT2D eigenvalue weighted by molar-refractivity contribution is 5.71. The molecule has 6 nitrogen and oxygen atoms in total. The summed E-state index contributed by atoms with van der Waals surface area (Å²) in [7, 11) is 0. The van der Waals surface area contributed by atoms with Gasteiger partial charge in [-0.25, -0.2) is 0 Å². The van der Waals surface area contributed by atoms with Crippen molar-refractivity contribution in [3.8, 4) is 0 Å². The molecular formula is C69H112O6. The van der Waals surface area contributed by atoms with E-state index >= 15 is 0 Å². The molecule has 1 unspecified atom stereocenters. The SMILES string of the molecule is CC/C=C\C/C=C\C/C=C\C/C=C\C/C=C\C/C=C\CCC(=O)OC(COC(=O)CCCCC/C=C\C/C=C\C/C=C\CC)COC(=O)CCCCCCCCCCCCCCC/C=C\C/C=C\CCCCCCC. The molecule has 0 saturated carbocycles. The molecule has 0 fully saturated rings. The molecule has 1 atom stereocenters. The minimum Gasteiger partial charge on any atom is -0.462 e. The number of rotatable bonds is 54. The molecule has 0 aliphatic carbocycles. The van der Waals surface area contributed by atoms with E-state index < -0.39 is 12.1 Å². The zero-order valence-electron chi connectivity index (χ0n) is 48.5. The molecule has 0 heterocycles. The van der Waals surface area contributed by atoms with Gasteiger partial charge in [-0.05, 0) is 122 Å². The average molecular weight is 1040 g/mol. The van der Waals surface area contributed by atoms with Gasteiger partial charge in [0.25, 0.3) is 0 Å². The van der Waals surface area contributed by atoms with Crippen molar-refractivity contribution in [2.24, 2.45) is 0 Å². The van der Waals surface area contributed by atoms with E-state index in [2.05, 4.69) is 142 Å². The van der Waals surface area contributed by atoms with E-state index in [1.165, 1.54) is 109 Å². The van der Waals surface area contributed by atoms with Crippen molar-refractivity contribution in [2.75, 3.05) is 13.2 Å². The van der Waals surface area contributed by atoms with Crippen LogP contribution in [-0.4, -0.2) is 37.2 Å². The van der Waals surface area contributed by atoms with Crippen molar-refractivity contribution in [1.29, 1.82) is 0 Å². The molecule has 0 spiro atoms. The minimum atomic E-state index is -0.836. The number of hydrogen-bond donors (Lipinski definition) is 0. The van der Waals surface area contributed by atoms with Gasteiger partial charge in [0.05, 0.1) is 0 Å². The molecule has 424 valence electrons. The molecule has 6 heteroatoms. The van der Waals surface area contributed by atoms with Crippen LogP contribution in [0.2, 0.25) is 0 Å². The topological polar surface area (TPSA) is 78.9 Å². The predicted molar refractivity (Wildman–Crippen MR) is 325 cm³/mol. The fourth-order valence-corrected chi connectivity index (χ4v) is 8.10. The molecule has 0 aliphatic heterocycles. The number of ether oxygens (including phenoxy) is 3. The Morgan fingerprint density at radius 3 is 0.880 bits per heavy atom. The van der Waals surface area contributed by atoms with Crippen molar-refractivity contribution in [3.05, 3.63) is 134 Å². The molecule has 0 rings (SSSR count). The van der Waals surface area contributed by atoms with E-state index in [4.69, 9.17) is 14.2 Å². The fraction of sp³-hybridized carbons (Fsp3) is 0.638. The van der Waals surface area contributed by atoms with Crippen LogP contribution in [0.1, 0.15) is 265 Å². The first-order chi connectivity index (χ1) is 37.0. The van der Waals surface area contributed by atoms with E-state index in [1.54, 1.807) is 0 Å². The summed E-state index contributed by atoms with van der Waals surface area (Å²) >= 11 is 0. The minimum absolute atomic E-state index is 0.122. The molecule has 0 amide bonds. The Balaban J connectivity index is 4.43. The number of allylic oxidation sites excluding steroid dienone is 22. The number of esters is 3. The second-order valence-electron chi connectivity index (χ2n) is 19.8. The average Bonchev–Trinajstić information content (AvgIpc) is 3.41. The Morgan fingerprint density at radius 2 is 0.547 bits per heavy atom. The second kappa shape index (κ2) is 62.1. The molecule has 0 N–H and O–H groups in total. The summed E-state index contributed by atoms with van der Waals surface area (Å²) in [5.41, 5.74) is 0. The largest absolute Gasteiger partial charge is 0.462 e. The van der Waals surface area contributed by atoms with Crippen LogP contribution in [0.25, 0.3) is 0 Å². The van der Waals surface area contributed by atoms with Gasteiger partial charge in [0.1, 0.15) is 13.2 Å². The fourth-order valence-electron chi connectivity index (χ4n) is 8.10. The second-order valence-corrected chi connectivity index (χ2v) is 19.8. The molecule has 75 heavy (non-hydrogen) atoms. The van der Waals surface area contributed by atoms with Gasteiger partial charge in [0.15, 0.2) is 6.10 Å². The molecule has 0 radical (unpaired) electrons. The smallest absolute Gasteiger partial charge is 0.306 e. The quantitative estimate of drug-likeness (QED) is 0.0261. The third-order valence-electron chi connectivity index (χ3n) is 12.6. The van der Waals surface area contributed by atoms with Crippen molar-refractivity contribution in [1.82, 2.24) is 0 Å². The summed E-state index contributed by atoms with van der Waals surface area (Å²) < 4.78 is 16.8. The van der Waals surface area contributed by atoms with Crippen molar-refractivity contribution in [2.45, 2.75) is 271 Å². The Kier molecular flexibility index (Phi) is 58.4. The lowest BCUT2D eigenvalue weighted by Gasteiger charge is -2.18. The first kappa shape index (κ1) is 70.5. The monoisotopic (exact) mass is 1040 g/mol. The lowest BCUT2D eigenvalue weighted by atomic mass is 10.0. The van der Waals surface area contributed by atoms with Crippen LogP contribution in [-0.2, 0) is 28.6 Å². The Labute approximate surface area is 462 Å². The van der Waals surface area contributed by atoms with Crippen molar-refractivity contribution < 1.29 is 28.6 Å². The number of hydrogen-bond acceptors (Lipinski definition) is 6. The standard InChI is InChI=1S/C69H112O6/c1-4-7-10-13-16-19-22-25-27-29-31-32-33-34-35-36-38-39-41-44-47-50-53-56-59-62-68(71)74-65-66(64-73-67(70)61-58-55-52-49-46-43-24-21-18-15-12-9-6-3)75-69(72)63-60-57-54-51-48-45-42-40-37-30-28-26-23-20-17-14-11-8-5-2/h8-9,11-12,17-18,20-22,25-26,28-29,31,37,40,43,45-46,48,54,57,66H,4-7,10,13-16,19,23-24,27,30,32-36,38-39,41-42,44,47,49-53,55-56,58-65H2,1-3H3/b11-8-,12-9-,20-17-,21-18-,25-22-,28-26-,31-29-,40-37-,46-43-,48-45-,57-54-. The summed E-state index contributed by atoms with van der Waals surface area (Å²) in [6.45, 7) is 6.31. The van der Waals surface area contributed by atoms with E-state index in [0.29, 0.717) is 19.3 Å². The van der Waals surface area contributed by atoms with Crippen LogP contribution >= 0.6 is 0 Å². The summed E-state index contributed by atoms with van der Waals surface area (Å²) in [5.74, 6) is -1.04. The lowest BCUT2D eigenvalue weighted by Crippen LogP contribution is -2.30. The molecular weight excluding hydrogens is 925 g/mol. The zero-order valence-corrected chi connectivity index (χ0v) is 48.5. The normalized spacial score (nSPS) is 13.1. The highest BCUT2D eigenvalue weighted by atomic mass is 16.6. The van der Waals surface area contributed by atoms with Gasteiger partial charge in [-0.15, -0.1) is 0 Å². The van der Waals surface area contributed by atoms with E-state index in [9.17, 15) is 14.4 Å². The Morgan fingerprint density at radius 1 is 0.280 bits per heavy atom. The van der Waals surface area contributed by atoms with Gasteiger partial charge in [0.2, 0.25) is 0 Å². The van der Waals surface area contributed by atoms with Crippen LogP contribution in [0.4, 0.5) is 0 Å². The highest BCUT2D eigenvalue weighted by Crippen LogP contribution is 2.15. The summed E-state index contributed by atoms with van der Waals surface area (Å²) in [6, 6.07) is 0. The van der Waals surface area contributed by atoms with Gasteiger partial charge >= 0.3 is 17.9 Å².